The molecule has 0 bridgehead atoms. The van der Waals surface area contributed by atoms with Crippen molar-refractivity contribution in [2.24, 2.45) is 0 Å². The fraction of sp³-hybridized carbons (Fsp3) is 0.125. The maximum absolute atomic E-state index is 12.5. The normalized spacial score (nSPS) is 10.8. The third kappa shape index (κ3) is 7.45. The van der Waals surface area contributed by atoms with Crippen molar-refractivity contribution in [1.82, 2.24) is 5.32 Å². The van der Waals surface area contributed by atoms with Gasteiger partial charge in [0.05, 0.1) is 6.26 Å². The lowest BCUT2D eigenvalue weighted by atomic mass is 10.1. The van der Waals surface area contributed by atoms with Gasteiger partial charge in [0.1, 0.15) is 5.75 Å². The van der Waals surface area contributed by atoms with E-state index in [1.54, 1.807) is 42.5 Å². The Morgan fingerprint density at radius 3 is 2.09 bits per heavy atom. The summed E-state index contributed by atoms with van der Waals surface area (Å²) in [5, 5.41) is 5.55. The standard InChI is InChI=1S/C24H23N3O6S/c1-16(28)33-22-5-3-4-19(14-22)24(30)26-20-10-6-17(7-11-20)15-25-23(29)18-8-12-21(13-9-18)27-34(2,31)32/h3-14,27H,15H2,1-2H3,(H,25,29)(H,26,30). The molecule has 0 aromatic heterocycles. The van der Waals surface area contributed by atoms with Gasteiger partial charge in [-0.3, -0.25) is 19.1 Å². The molecule has 3 aromatic rings. The Bertz CT molecular complexity index is 1300. The molecule has 0 fully saturated rings. The van der Waals surface area contributed by atoms with Crippen LogP contribution >= 0.6 is 0 Å². The largest absolute Gasteiger partial charge is 0.427 e. The molecule has 0 atom stereocenters. The highest BCUT2D eigenvalue weighted by molar-refractivity contribution is 7.92. The maximum Gasteiger partial charge on any atom is 0.308 e. The van der Waals surface area contributed by atoms with Gasteiger partial charge in [-0.1, -0.05) is 18.2 Å². The fourth-order valence-corrected chi connectivity index (χ4v) is 3.53. The molecule has 0 aliphatic rings. The van der Waals surface area contributed by atoms with Crippen LogP contribution in [0.25, 0.3) is 0 Å². The van der Waals surface area contributed by atoms with E-state index in [1.807, 2.05) is 0 Å². The highest BCUT2D eigenvalue weighted by Gasteiger charge is 2.10. The second-order valence-electron chi connectivity index (χ2n) is 7.41. The van der Waals surface area contributed by atoms with Crippen LogP contribution in [0.1, 0.15) is 33.2 Å². The first-order chi connectivity index (χ1) is 16.1. The fourth-order valence-electron chi connectivity index (χ4n) is 2.96. The van der Waals surface area contributed by atoms with E-state index in [9.17, 15) is 22.8 Å². The van der Waals surface area contributed by atoms with Crippen LogP contribution in [0.2, 0.25) is 0 Å². The van der Waals surface area contributed by atoms with Crippen molar-refractivity contribution < 1.29 is 27.5 Å². The van der Waals surface area contributed by atoms with Gasteiger partial charge in [0.15, 0.2) is 0 Å². The van der Waals surface area contributed by atoms with Gasteiger partial charge in [-0.25, -0.2) is 8.42 Å². The molecule has 2 amide bonds. The molecule has 0 saturated heterocycles. The Morgan fingerprint density at radius 2 is 1.47 bits per heavy atom. The molecule has 0 radical (unpaired) electrons. The average Bonchev–Trinajstić information content (AvgIpc) is 2.77. The van der Waals surface area contributed by atoms with Gasteiger partial charge >= 0.3 is 5.97 Å². The number of carbonyl (C=O) groups is 3. The molecule has 3 N–H and O–H groups in total. The zero-order valence-corrected chi connectivity index (χ0v) is 19.3. The van der Waals surface area contributed by atoms with Gasteiger partial charge in [-0.2, -0.15) is 0 Å². The molecule has 3 rings (SSSR count). The van der Waals surface area contributed by atoms with Crippen molar-refractivity contribution >= 4 is 39.2 Å². The van der Waals surface area contributed by atoms with E-state index in [-0.39, 0.29) is 24.1 Å². The van der Waals surface area contributed by atoms with Crippen molar-refractivity contribution in [2.75, 3.05) is 16.3 Å². The van der Waals surface area contributed by atoms with Crippen LogP contribution < -0.4 is 20.1 Å². The van der Waals surface area contributed by atoms with E-state index in [0.717, 1.165) is 11.8 Å². The van der Waals surface area contributed by atoms with E-state index in [1.165, 1.54) is 37.3 Å². The molecule has 3 aromatic carbocycles. The number of carbonyl (C=O) groups excluding carboxylic acids is 3. The second-order valence-corrected chi connectivity index (χ2v) is 9.16. The van der Waals surface area contributed by atoms with E-state index in [0.29, 0.717) is 22.5 Å². The Morgan fingerprint density at radius 1 is 0.824 bits per heavy atom. The molecular formula is C24H23N3O6S. The van der Waals surface area contributed by atoms with Crippen LogP contribution in [-0.2, 0) is 21.4 Å². The summed E-state index contributed by atoms with van der Waals surface area (Å²) in [5.41, 5.74) is 2.48. The topological polar surface area (TPSA) is 131 Å². The highest BCUT2D eigenvalue weighted by atomic mass is 32.2. The molecule has 0 unspecified atom stereocenters. The first-order valence-electron chi connectivity index (χ1n) is 10.1. The number of hydrogen-bond acceptors (Lipinski definition) is 6. The lowest BCUT2D eigenvalue weighted by molar-refractivity contribution is -0.131. The lowest BCUT2D eigenvalue weighted by Gasteiger charge is -2.09. The van der Waals surface area contributed by atoms with Crippen molar-refractivity contribution in [2.45, 2.75) is 13.5 Å². The van der Waals surface area contributed by atoms with E-state index < -0.39 is 16.0 Å². The number of hydrogen-bond donors (Lipinski definition) is 3. The van der Waals surface area contributed by atoms with E-state index in [4.69, 9.17) is 4.74 Å². The van der Waals surface area contributed by atoms with Gasteiger partial charge < -0.3 is 15.4 Å². The zero-order valence-electron chi connectivity index (χ0n) is 18.5. The first-order valence-corrected chi connectivity index (χ1v) is 12.0. The van der Waals surface area contributed by atoms with Crippen molar-refractivity contribution in [3.8, 4) is 5.75 Å². The Kier molecular flexibility index (Phi) is 7.64. The van der Waals surface area contributed by atoms with Crippen molar-refractivity contribution in [3.63, 3.8) is 0 Å². The summed E-state index contributed by atoms with van der Waals surface area (Å²) in [5.74, 6) is -0.853. The monoisotopic (exact) mass is 481 g/mol. The number of ether oxygens (including phenoxy) is 1. The number of anilines is 2. The Balaban J connectivity index is 1.54. The highest BCUT2D eigenvalue weighted by Crippen LogP contribution is 2.16. The van der Waals surface area contributed by atoms with Gasteiger partial charge in [0.25, 0.3) is 11.8 Å². The molecule has 34 heavy (non-hydrogen) atoms. The molecule has 9 nitrogen and oxygen atoms in total. The third-order valence-electron chi connectivity index (χ3n) is 4.47. The summed E-state index contributed by atoms with van der Waals surface area (Å²) in [7, 11) is -3.38. The molecule has 176 valence electrons. The minimum atomic E-state index is -3.38. The molecule has 10 heteroatoms. The summed E-state index contributed by atoms with van der Waals surface area (Å²) in [4.78, 5) is 35.9. The van der Waals surface area contributed by atoms with Crippen LogP contribution in [0, 0.1) is 0 Å². The van der Waals surface area contributed by atoms with Crippen molar-refractivity contribution in [1.29, 1.82) is 0 Å². The molecular weight excluding hydrogens is 458 g/mol. The van der Waals surface area contributed by atoms with Crippen LogP contribution in [0.4, 0.5) is 11.4 Å². The quantitative estimate of drug-likeness (QED) is 0.335. The Labute approximate surface area is 197 Å². The zero-order chi connectivity index (χ0) is 24.7. The van der Waals surface area contributed by atoms with E-state index in [2.05, 4.69) is 15.4 Å². The molecule has 0 aliphatic carbocycles. The lowest BCUT2D eigenvalue weighted by Crippen LogP contribution is -2.22. The SMILES string of the molecule is CC(=O)Oc1cccc(C(=O)Nc2ccc(CNC(=O)c3ccc(NS(C)(=O)=O)cc3)cc2)c1. The van der Waals surface area contributed by atoms with Crippen LogP contribution in [0.5, 0.6) is 5.75 Å². The summed E-state index contributed by atoms with van der Waals surface area (Å²) in [6.45, 7) is 1.55. The summed E-state index contributed by atoms with van der Waals surface area (Å²) in [6.07, 6.45) is 1.05. The summed E-state index contributed by atoms with van der Waals surface area (Å²) < 4.78 is 29.8. The molecule has 0 saturated carbocycles. The molecule has 0 aliphatic heterocycles. The number of rotatable bonds is 8. The average molecular weight is 482 g/mol. The predicted octanol–water partition coefficient (Wildman–Crippen LogP) is 3.17. The van der Waals surface area contributed by atoms with Crippen LogP contribution in [-0.4, -0.2) is 32.5 Å². The molecule has 0 heterocycles. The first kappa shape index (κ1) is 24.5. The molecule has 0 spiro atoms. The second kappa shape index (κ2) is 10.6. The number of esters is 1. The van der Waals surface area contributed by atoms with Crippen LogP contribution in [0.15, 0.2) is 72.8 Å². The van der Waals surface area contributed by atoms with Gasteiger partial charge in [-0.15, -0.1) is 0 Å². The number of nitrogens with one attached hydrogen (secondary N) is 3. The number of benzene rings is 3. The van der Waals surface area contributed by atoms with Gasteiger partial charge in [0.2, 0.25) is 10.0 Å². The number of amides is 2. The minimum absolute atomic E-state index is 0.265. The Hall–Kier alpha value is -4.18. The maximum atomic E-state index is 12.5. The van der Waals surface area contributed by atoms with Crippen molar-refractivity contribution in [3.05, 3.63) is 89.5 Å². The van der Waals surface area contributed by atoms with Crippen LogP contribution in [0.3, 0.4) is 0 Å². The smallest absolute Gasteiger partial charge is 0.308 e. The third-order valence-corrected chi connectivity index (χ3v) is 5.08. The minimum Gasteiger partial charge on any atom is -0.427 e. The predicted molar refractivity (Wildman–Crippen MR) is 128 cm³/mol. The van der Waals surface area contributed by atoms with Gasteiger partial charge in [-0.05, 0) is 60.2 Å². The van der Waals surface area contributed by atoms with Gasteiger partial charge in [0, 0.05) is 36.0 Å². The summed E-state index contributed by atoms with van der Waals surface area (Å²) in [6, 6.07) is 19.3. The van der Waals surface area contributed by atoms with E-state index >= 15 is 0 Å². The number of sulfonamides is 1. The summed E-state index contributed by atoms with van der Waals surface area (Å²) >= 11 is 0.